The molecule has 0 bridgehead atoms. The second kappa shape index (κ2) is 5.03. The van der Waals surface area contributed by atoms with Crippen LogP contribution in [0.15, 0.2) is 9.59 Å². The van der Waals surface area contributed by atoms with E-state index < -0.39 is 0 Å². The summed E-state index contributed by atoms with van der Waals surface area (Å²) in [6.45, 7) is 6.10. The van der Waals surface area contributed by atoms with Crippen LogP contribution in [0.1, 0.15) is 6.92 Å². The molecule has 1 fully saturated rings. The molecular formula is C13H20N6O2. The van der Waals surface area contributed by atoms with Gasteiger partial charge in [0.1, 0.15) is 0 Å². The molecular weight excluding hydrogens is 272 g/mol. The summed E-state index contributed by atoms with van der Waals surface area (Å²) in [6.07, 6.45) is 0. The zero-order chi connectivity index (χ0) is 15.1. The summed E-state index contributed by atoms with van der Waals surface area (Å²) >= 11 is 0. The Morgan fingerprint density at radius 1 is 1.14 bits per heavy atom. The number of nitrogens with one attached hydrogen (secondary N) is 1. The molecule has 0 spiro atoms. The highest BCUT2D eigenvalue weighted by Gasteiger charge is 2.22. The maximum Gasteiger partial charge on any atom is 0.332 e. The molecule has 0 atom stereocenters. The molecule has 2 aromatic heterocycles. The van der Waals surface area contributed by atoms with E-state index >= 15 is 0 Å². The van der Waals surface area contributed by atoms with E-state index in [0.717, 1.165) is 36.7 Å². The highest BCUT2D eigenvalue weighted by molar-refractivity contribution is 5.74. The first kappa shape index (κ1) is 13.9. The standard InChI is InChI=1S/C13H20N6O2/c1-4-19-9-10(16(2)13(21)17(3)11(9)20)15-12(19)18-7-5-14-6-8-18/h14H,4-8H2,1-3H3. The number of hydrogen-bond acceptors (Lipinski definition) is 5. The van der Waals surface area contributed by atoms with Crippen molar-refractivity contribution in [3.63, 3.8) is 0 Å². The lowest BCUT2D eigenvalue weighted by Gasteiger charge is -2.28. The van der Waals surface area contributed by atoms with E-state index in [1.165, 1.54) is 11.6 Å². The van der Waals surface area contributed by atoms with Gasteiger partial charge < -0.3 is 14.8 Å². The van der Waals surface area contributed by atoms with Crippen LogP contribution >= 0.6 is 0 Å². The van der Waals surface area contributed by atoms with Crippen molar-refractivity contribution < 1.29 is 0 Å². The Balaban J connectivity index is 2.32. The normalized spacial score (nSPS) is 15.9. The molecule has 3 rings (SSSR count). The van der Waals surface area contributed by atoms with Crippen LogP contribution in [0, 0.1) is 0 Å². The number of aromatic nitrogens is 4. The average molecular weight is 292 g/mol. The predicted molar refractivity (Wildman–Crippen MR) is 81.0 cm³/mol. The number of imidazole rings is 1. The number of rotatable bonds is 2. The van der Waals surface area contributed by atoms with E-state index in [1.807, 2.05) is 11.5 Å². The number of piperazine rings is 1. The molecule has 3 heterocycles. The van der Waals surface area contributed by atoms with Gasteiger partial charge in [0.15, 0.2) is 11.2 Å². The fraction of sp³-hybridized carbons (Fsp3) is 0.615. The van der Waals surface area contributed by atoms with Crippen LogP contribution in [0.3, 0.4) is 0 Å². The minimum atomic E-state index is -0.347. The van der Waals surface area contributed by atoms with Crippen molar-refractivity contribution in [2.75, 3.05) is 31.1 Å². The lowest BCUT2D eigenvalue weighted by atomic mass is 10.4. The Hall–Kier alpha value is -2.09. The molecule has 0 aromatic carbocycles. The maximum atomic E-state index is 12.4. The van der Waals surface area contributed by atoms with Gasteiger partial charge in [-0.05, 0) is 6.92 Å². The van der Waals surface area contributed by atoms with Gasteiger partial charge in [0.25, 0.3) is 5.56 Å². The molecule has 8 nitrogen and oxygen atoms in total. The first-order chi connectivity index (χ1) is 10.1. The number of aryl methyl sites for hydroxylation is 2. The molecule has 1 aliphatic heterocycles. The van der Waals surface area contributed by atoms with E-state index in [0.29, 0.717) is 17.7 Å². The zero-order valence-electron chi connectivity index (χ0n) is 12.6. The van der Waals surface area contributed by atoms with Crippen molar-refractivity contribution in [3.8, 4) is 0 Å². The second-order valence-electron chi connectivity index (χ2n) is 5.27. The van der Waals surface area contributed by atoms with Crippen LogP contribution < -0.4 is 21.5 Å². The van der Waals surface area contributed by atoms with E-state index in [4.69, 9.17) is 0 Å². The summed E-state index contributed by atoms with van der Waals surface area (Å²) in [5, 5.41) is 3.30. The topological polar surface area (TPSA) is 77.1 Å². The number of nitrogens with zero attached hydrogens (tertiary/aromatic N) is 5. The fourth-order valence-electron chi connectivity index (χ4n) is 2.84. The number of hydrogen-bond donors (Lipinski definition) is 1. The first-order valence-electron chi connectivity index (χ1n) is 7.18. The van der Waals surface area contributed by atoms with Gasteiger partial charge in [-0.1, -0.05) is 0 Å². The third kappa shape index (κ3) is 1.98. The van der Waals surface area contributed by atoms with Crippen molar-refractivity contribution in [1.82, 2.24) is 24.0 Å². The Morgan fingerprint density at radius 2 is 1.81 bits per heavy atom. The van der Waals surface area contributed by atoms with Crippen LogP contribution in [0.25, 0.3) is 11.2 Å². The summed E-state index contributed by atoms with van der Waals surface area (Å²) in [5.74, 6) is 0.771. The SMILES string of the molecule is CCn1c(N2CCNCC2)nc2c1c(=O)n(C)c(=O)n2C. The van der Waals surface area contributed by atoms with Crippen LogP contribution in [0.4, 0.5) is 5.95 Å². The molecule has 114 valence electrons. The van der Waals surface area contributed by atoms with Gasteiger partial charge >= 0.3 is 5.69 Å². The van der Waals surface area contributed by atoms with Gasteiger partial charge in [-0.3, -0.25) is 13.9 Å². The number of anilines is 1. The van der Waals surface area contributed by atoms with Crippen molar-refractivity contribution in [1.29, 1.82) is 0 Å². The third-order valence-corrected chi connectivity index (χ3v) is 4.04. The van der Waals surface area contributed by atoms with Crippen molar-refractivity contribution in [2.24, 2.45) is 14.1 Å². The summed E-state index contributed by atoms with van der Waals surface area (Å²) in [4.78, 5) is 31.2. The highest BCUT2D eigenvalue weighted by atomic mass is 16.2. The van der Waals surface area contributed by atoms with E-state index in [1.54, 1.807) is 7.05 Å². The quantitative estimate of drug-likeness (QED) is 0.757. The van der Waals surface area contributed by atoms with Gasteiger partial charge in [0, 0.05) is 46.8 Å². The van der Waals surface area contributed by atoms with E-state index in [9.17, 15) is 9.59 Å². The molecule has 0 unspecified atom stereocenters. The predicted octanol–water partition coefficient (Wildman–Crippen LogP) is -1.14. The van der Waals surface area contributed by atoms with Crippen LogP contribution in [0.5, 0.6) is 0 Å². The zero-order valence-corrected chi connectivity index (χ0v) is 12.6. The Morgan fingerprint density at radius 3 is 2.43 bits per heavy atom. The molecule has 0 saturated carbocycles. The van der Waals surface area contributed by atoms with Crippen molar-refractivity contribution >= 4 is 17.1 Å². The van der Waals surface area contributed by atoms with E-state index in [2.05, 4.69) is 15.2 Å². The summed E-state index contributed by atoms with van der Waals surface area (Å²) in [7, 11) is 3.15. The van der Waals surface area contributed by atoms with Crippen molar-refractivity contribution in [3.05, 3.63) is 20.8 Å². The summed E-state index contributed by atoms with van der Waals surface area (Å²) in [5.41, 5.74) is 0.318. The van der Waals surface area contributed by atoms with Gasteiger partial charge in [0.05, 0.1) is 0 Å². The number of fused-ring (bicyclic) bond motifs is 1. The molecule has 0 aliphatic carbocycles. The van der Waals surface area contributed by atoms with Crippen molar-refractivity contribution in [2.45, 2.75) is 13.5 Å². The van der Waals surface area contributed by atoms with Crippen LogP contribution in [-0.2, 0) is 20.6 Å². The van der Waals surface area contributed by atoms with Gasteiger partial charge in [-0.2, -0.15) is 4.98 Å². The lowest BCUT2D eigenvalue weighted by Crippen LogP contribution is -2.44. The van der Waals surface area contributed by atoms with Crippen LogP contribution in [-0.4, -0.2) is 44.9 Å². The summed E-state index contributed by atoms with van der Waals surface area (Å²) < 4.78 is 4.48. The van der Waals surface area contributed by atoms with Gasteiger partial charge in [-0.15, -0.1) is 0 Å². The monoisotopic (exact) mass is 292 g/mol. The summed E-state index contributed by atoms with van der Waals surface area (Å²) in [6, 6.07) is 0. The Kier molecular flexibility index (Phi) is 3.32. The minimum Gasteiger partial charge on any atom is -0.340 e. The molecule has 1 aliphatic rings. The largest absolute Gasteiger partial charge is 0.340 e. The first-order valence-corrected chi connectivity index (χ1v) is 7.18. The minimum absolute atomic E-state index is 0.288. The second-order valence-corrected chi connectivity index (χ2v) is 5.27. The van der Waals surface area contributed by atoms with E-state index in [-0.39, 0.29) is 11.2 Å². The lowest BCUT2D eigenvalue weighted by molar-refractivity contribution is 0.569. The molecule has 1 N–H and O–H groups in total. The molecule has 1 saturated heterocycles. The molecule has 0 amide bonds. The Bertz CT molecular complexity index is 794. The molecule has 21 heavy (non-hydrogen) atoms. The molecule has 0 radical (unpaired) electrons. The third-order valence-electron chi connectivity index (χ3n) is 4.04. The van der Waals surface area contributed by atoms with Gasteiger partial charge in [-0.25, -0.2) is 4.79 Å². The molecule has 2 aromatic rings. The maximum absolute atomic E-state index is 12.4. The average Bonchev–Trinajstić information content (AvgIpc) is 2.91. The van der Waals surface area contributed by atoms with Crippen LogP contribution in [0.2, 0.25) is 0 Å². The fourth-order valence-corrected chi connectivity index (χ4v) is 2.84. The highest BCUT2D eigenvalue weighted by Crippen LogP contribution is 2.19. The Labute approximate surface area is 121 Å². The van der Waals surface area contributed by atoms with Gasteiger partial charge in [0.2, 0.25) is 5.95 Å². The molecule has 8 heteroatoms. The smallest absolute Gasteiger partial charge is 0.332 e.